The third-order valence-electron chi connectivity index (χ3n) is 3.85. The third-order valence-corrected chi connectivity index (χ3v) is 3.85. The molecule has 2 rings (SSSR count). The number of nitrogens with one attached hydrogen (secondary N) is 2. The van der Waals surface area contributed by atoms with Crippen molar-refractivity contribution >= 4 is 17.3 Å². The van der Waals surface area contributed by atoms with Gasteiger partial charge in [0.2, 0.25) is 0 Å². The molecule has 0 heterocycles. The van der Waals surface area contributed by atoms with Crippen molar-refractivity contribution in [2.24, 2.45) is 0 Å². The van der Waals surface area contributed by atoms with E-state index in [-0.39, 0.29) is 29.7 Å². The second-order valence-corrected chi connectivity index (χ2v) is 5.79. The van der Waals surface area contributed by atoms with E-state index in [4.69, 9.17) is 4.74 Å². The Morgan fingerprint density at radius 2 is 1.86 bits per heavy atom. The quantitative estimate of drug-likeness (QED) is 0.236. The zero-order valence-corrected chi connectivity index (χ0v) is 15.5. The molecule has 0 saturated heterocycles. The SMILES string of the molecule is CCOC(=O)/C(C#N)=C(\Nc1ccc([N+](=O)[O-])cc1)N[C@H](C)c1ccccc1. The lowest BCUT2D eigenvalue weighted by atomic mass is 10.1. The molecule has 2 aromatic rings. The lowest BCUT2D eigenvalue weighted by molar-refractivity contribution is -0.384. The van der Waals surface area contributed by atoms with Gasteiger partial charge >= 0.3 is 5.97 Å². The molecule has 0 aliphatic heterocycles. The number of esters is 1. The molecule has 0 radical (unpaired) electrons. The average Bonchev–Trinajstić information content (AvgIpc) is 2.69. The number of anilines is 1. The second kappa shape index (κ2) is 9.73. The van der Waals surface area contributed by atoms with Crippen LogP contribution in [0.15, 0.2) is 66.0 Å². The number of carbonyl (C=O) groups is 1. The van der Waals surface area contributed by atoms with Crippen molar-refractivity contribution in [2.45, 2.75) is 19.9 Å². The maximum atomic E-state index is 12.2. The molecule has 2 aromatic carbocycles. The molecule has 144 valence electrons. The first-order valence-corrected chi connectivity index (χ1v) is 8.60. The summed E-state index contributed by atoms with van der Waals surface area (Å²) in [5.41, 5.74) is 1.15. The highest BCUT2D eigenvalue weighted by Gasteiger charge is 2.19. The van der Waals surface area contributed by atoms with Gasteiger partial charge in [-0.25, -0.2) is 4.79 Å². The standard InChI is InChI=1S/C20H20N4O4/c1-3-28-20(25)18(13-21)19(22-14(2)15-7-5-4-6-8-15)23-16-9-11-17(12-10-16)24(26)27/h4-12,14,22-23H,3H2,1-2H3/b19-18-/t14-/m1/s1. The molecule has 0 aliphatic carbocycles. The molecule has 0 aliphatic rings. The van der Waals surface area contributed by atoms with Gasteiger partial charge in [0.1, 0.15) is 11.9 Å². The second-order valence-electron chi connectivity index (χ2n) is 5.79. The van der Waals surface area contributed by atoms with Crippen molar-refractivity contribution in [3.63, 3.8) is 0 Å². The van der Waals surface area contributed by atoms with E-state index >= 15 is 0 Å². The van der Waals surface area contributed by atoms with Crippen LogP contribution in [-0.2, 0) is 9.53 Å². The van der Waals surface area contributed by atoms with E-state index in [0.29, 0.717) is 5.69 Å². The number of carbonyl (C=O) groups excluding carboxylic acids is 1. The maximum Gasteiger partial charge on any atom is 0.352 e. The van der Waals surface area contributed by atoms with Gasteiger partial charge in [-0.2, -0.15) is 5.26 Å². The topological polar surface area (TPSA) is 117 Å². The fourth-order valence-corrected chi connectivity index (χ4v) is 2.43. The minimum Gasteiger partial charge on any atom is -0.462 e. The summed E-state index contributed by atoms with van der Waals surface area (Å²) in [6.45, 7) is 3.66. The van der Waals surface area contributed by atoms with E-state index in [1.807, 2.05) is 43.3 Å². The van der Waals surface area contributed by atoms with Gasteiger partial charge in [-0.3, -0.25) is 10.1 Å². The summed E-state index contributed by atoms with van der Waals surface area (Å²) in [6, 6.07) is 16.8. The summed E-state index contributed by atoms with van der Waals surface area (Å²) >= 11 is 0. The van der Waals surface area contributed by atoms with Crippen molar-refractivity contribution < 1.29 is 14.5 Å². The molecule has 0 saturated carbocycles. The van der Waals surface area contributed by atoms with Crippen LogP contribution in [0, 0.1) is 21.4 Å². The summed E-state index contributed by atoms with van der Waals surface area (Å²) in [5.74, 6) is -0.603. The Balaban J connectivity index is 2.36. The Kier molecular flexibility index (Phi) is 7.11. The molecule has 0 unspecified atom stereocenters. The van der Waals surface area contributed by atoms with Crippen molar-refractivity contribution in [2.75, 3.05) is 11.9 Å². The van der Waals surface area contributed by atoms with E-state index in [1.54, 1.807) is 6.92 Å². The van der Waals surface area contributed by atoms with Gasteiger partial charge in [0, 0.05) is 23.9 Å². The molecule has 2 N–H and O–H groups in total. The van der Waals surface area contributed by atoms with Crippen LogP contribution in [0.4, 0.5) is 11.4 Å². The Bertz CT molecular complexity index is 902. The zero-order chi connectivity index (χ0) is 20.5. The van der Waals surface area contributed by atoms with Crippen LogP contribution in [0.2, 0.25) is 0 Å². The number of nitriles is 1. The number of hydrogen-bond acceptors (Lipinski definition) is 7. The van der Waals surface area contributed by atoms with Crippen molar-refractivity contribution in [3.8, 4) is 6.07 Å². The van der Waals surface area contributed by atoms with Crippen LogP contribution in [0.1, 0.15) is 25.5 Å². The van der Waals surface area contributed by atoms with E-state index in [1.165, 1.54) is 24.3 Å². The van der Waals surface area contributed by atoms with Gasteiger partial charge in [-0.05, 0) is 31.5 Å². The average molecular weight is 380 g/mol. The highest BCUT2D eigenvalue weighted by atomic mass is 16.6. The predicted octanol–water partition coefficient (Wildman–Crippen LogP) is 3.66. The summed E-state index contributed by atoms with van der Waals surface area (Å²) in [6.07, 6.45) is 0. The molecule has 28 heavy (non-hydrogen) atoms. The van der Waals surface area contributed by atoms with E-state index in [9.17, 15) is 20.2 Å². The minimum absolute atomic E-state index is 0.0624. The van der Waals surface area contributed by atoms with Crippen LogP contribution in [0.3, 0.4) is 0 Å². The smallest absolute Gasteiger partial charge is 0.352 e. The number of nitrogens with zero attached hydrogens (tertiary/aromatic N) is 2. The normalized spacial score (nSPS) is 12.2. The van der Waals surface area contributed by atoms with Crippen LogP contribution in [-0.4, -0.2) is 17.5 Å². The van der Waals surface area contributed by atoms with Crippen LogP contribution in [0.5, 0.6) is 0 Å². The van der Waals surface area contributed by atoms with Gasteiger partial charge in [-0.1, -0.05) is 30.3 Å². The molecule has 0 aromatic heterocycles. The number of non-ortho nitro benzene ring substituents is 1. The summed E-state index contributed by atoms with van der Waals surface area (Å²) in [7, 11) is 0. The fourth-order valence-electron chi connectivity index (χ4n) is 2.43. The van der Waals surface area contributed by atoms with Crippen LogP contribution < -0.4 is 10.6 Å². The largest absolute Gasteiger partial charge is 0.462 e. The Labute approximate surface area is 162 Å². The lowest BCUT2D eigenvalue weighted by Crippen LogP contribution is -2.27. The molecule has 0 fully saturated rings. The molecule has 0 amide bonds. The number of rotatable bonds is 8. The predicted molar refractivity (Wildman–Crippen MR) is 104 cm³/mol. The summed E-state index contributed by atoms with van der Waals surface area (Å²) in [5, 5.41) is 26.4. The van der Waals surface area contributed by atoms with Gasteiger partial charge in [0.25, 0.3) is 5.69 Å². The Morgan fingerprint density at radius 3 is 2.39 bits per heavy atom. The first kappa shape index (κ1) is 20.5. The number of ether oxygens (including phenoxy) is 1. The van der Waals surface area contributed by atoms with E-state index in [2.05, 4.69) is 10.6 Å². The highest BCUT2D eigenvalue weighted by molar-refractivity contribution is 5.94. The number of nitro benzene ring substituents is 1. The van der Waals surface area contributed by atoms with Crippen molar-refractivity contribution in [1.29, 1.82) is 5.26 Å². The van der Waals surface area contributed by atoms with Gasteiger partial charge in [-0.15, -0.1) is 0 Å². The molecule has 1 atom stereocenters. The first-order chi connectivity index (χ1) is 13.5. The molecular formula is C20H20N4O4. The first-order valence-electron chi connectivity index (χ1n) is 8.60. The lowest BCUT2D eigenvalue weighted by Gasteiger charge is -2.21. The highest BCUT2D eigenvalue weighted by Crippen LogP contribution is 2.20. The van der Waals surface area contributed by atoms with Crippen molar-refractivity contribution in [1.82, 2.24) is 5.32 Å². The molecule has 0 spiro atoms. The van der Waals surface area contributed by atoms with Gasteiger partial charge in [0.05, 0.1) is 11.5 Å². The summed E-state index contributed by atoms with van der Waals surface area (Å²) < 4.78 is 4.96. The zero-order valence-electron chi connectivity index (χ0n) is 15.5. The van der Waals surface area contributed by atoms with E-state index < -0.39 is 10.9 Å². The van der Waals surface area contributed by atoms with Crippen LogP contribution in [0.25, 0.3) is 0 Å². The Hall–Kier alpha value is -3.86. The summed E-state index contributed by atoms with van der Waals surface area (Å²) in [4.78, 5) is 22.5. The number of hydrogen-bond donors (Lipinski definition) is 2. The number of benzene rings is 2. The molecular weight excluding hydrogens is 360 g/mol. The van der Waals surface area contributed by atoms with E-state index in [0.717, 1.165) is 5.56 Å². The molecule has 8 nitrogen and oxygen atoms in total. The van der Waals surface area contributed by atoms with Crippen LogP contribution >= 0.6 is 0 Å². The molecule has 0 bridgehead atoms. The Morgan fingerprint density at radius 1 is 1.21 bits per heavy atom. The maximum absolute atomic E-state index is 12.2. The van der Waals surface area contributed by atoms with Gasteiger partial charge in [0.15, 0.2) is 5.57 Å². The third kappa shape index (κ3) is 5.32. The molecule has 8 heteroatoms. The fraction of sp³-hybridized carbons (Fsp3) is 0.200. The van der Waals surface area contributed by atoms with Gasteiger partial charge < -0.3 is 15.4 Å². The minimum atomic E-state index is -0.762. The monoisotopic (exact) mass is 380 g/mol. The number of nitro groups is 1. The van der Waals surface area contributed by atoms with Crippen molar-refractivity contribution in [3.05, 3.63) is 81.7 Å².